The number of ether oxygens (including phenoxy) is 1. The first-order valence-corrected chi connectivity index (χ1v) is 6.01. The first-order valence-electron chi connectivity index (χ1n) is 6.01. The van der Waals surface area contributed by atoms with Crippen molar-refractivity contribution >= 4 is 17.4 Å². The Hall–Kier alpha value is -1.75. The number of hydrogen-bond donors (Lipinski definition) is 2. The minimum atomic E-state index is -0.282. The smallest absolute Gasteiger partial charge is 0.322 e. The van der Waals surface area contributed by atoms with Crippen molar-refractivity contribution in [1.29, 1.82) is 0 Å². The van der Waals surface area contributed by atoms with Crippen LogP contribution in [0.2, 0.25) is 0 Å². The van der Waals surface area contributed by atoms with E-state index in [0.717, 1.165) is 5.69 Å². The van der Waals surface area contributed by atoms with E-state index in [9.17, 15) is 4.79 Å². The third-order valence-electron chi connectivity index (χ3n) is 3.05. The summed E-state index contributed by atoms with van der Waals surface area (Å²) in [4.78, 5) is 14.0. The van der Waals surface area contributed by atoms with Crippen LogP contribution >= 0.6 is 0 Å². The first kappa shape index (κ1) is 12.7. The number of benzene rings is 1. The Morgan fingerprint density at radius 3 is 2.67 bits per heavy atom. The van der Waals surface area contributed by atoms with Gasteiger partial charge in [-0.25, -0.2) is 4.79 Å². The average Bonchev–Trinajstić information content (AvgIpc) is 2.31. The van der Waals surface area contributed by atoms with Crippen molar-refractivity contribution in [1.82, 2.24) is 4.90 Å². The second-order valence-corrected chi connectivity index (χ2v) is 5.07. The molecule has 98 valence electrons. The van der Waals surface area contributed by atoms with E-state index in [2.05, 4.69) is 5.32 Å². The fourth-order valence-electron chi connectivity index (χ4n) is 1.99. The fraction of sp³-hybridized carbons (Fsp3) is 0.462. The van der Waals surface area contributed by atoms with E-state index in [4.69, 9.17) is 10.5 Å². The van der Waals surface area contributed by atoms with Crippen molar-refractivity contribution in [2.45, 2.75) is 19.4 Å². The van der Waals surface area contributed by atoms with E-state index in [0.29, 0.717) is 25.4 Å². The van der Waals surface area contributed by atoms with Crippen molar-refractivity contribution in [2.75, 3.05) is 30.8 Å². The van der Waals surface area contributed by atoms with Gasteiger partial charge in [0.25, 0.3) is 0 Å². The minimum Gasteiger partial charge on any atom is -0.399 e. The first-order chi connectivity index (χ1) is 8.49. The number of nitrogen functional groups attached to an aromatic ring is 1. The summed E-state index contributed by atoms with van der Waals surface area (Å²) in [6.07, 6.45) is 0. The number of amides is 2. The topological polar surface area (TPSA) is 67.6 Å². The Morgan fingerprint density at radius 2 is 2.06 bits per heavy atom. The van der Waals surface area contributed by atoms with Gasteiger partial charge in [0.1, 0.15) is 0 Å². The molecule has 18 heavy (non-hydrogen) atoms. The normalized spacial score (nSPS) is 18.4. The number of anilines is 2. The number of carbonyl (C=O) groups excluding carboxylic acids is 1. The summed E-state index contributed by atoms with van der Waals surface area (Å²) in [6.45, 7) is 5.73. The van der Waals surface area contributed by atoms with Crippen molar-refractivity contribution in [3.8, 4) is 0 Å². The van der Waals surface area contributed by atoms with Gasteiger partial charge in [0, 0.05) is 17.9 Å². The van der Waals surface area contributed by atoms with Gasteiger partial charge >= 0.3 is 6.03 Å². The molecule has 3 N–H and O–H groups in total. The van der Waals surface area contributed by atoms with Crippen molar-refractivity contribution < 1.29 is 9.53 Å². The summed E-state index contributed by atoms with van der Waals surface area (Å²) in [5.41, 5.74) is 6.75. The Morgan fingerprint density at radius 1 is 1.39 bits per heavy atom. The molecule has 1 heterocycles. The standard InChI is InChI=1S/C13H19N3O2/c1-13(2)9-18-8-7-16(13)12(17)15-11-5-3-10(14)4-6-11/h3-6H,7-9,14H2,1-2H3,(H,15,17). The highest BCUT2D eigenvalue weighted by molar-refractivity contribution is 5.90. The number of morpholine rings is 1. The van der Waals surface area contributed by atoms with Crippen LogP contribution in [-0.4, -0.2) is 36.2 Å². The lowest BCUT2D eigenvalue weighted by Crippen LogP contribution is -2.56. The highest BCUT2D eigenvalue weighted by Gasteiger charge is 2.34. The summed E-state index contributed by atoms with van der Waals surface area (Å²) in [5.74, 6) is 0. The highest BCUT2D eigenvalue weighted by atomic mass is 16.5. The molecule has 0 radical (unpaired) electrons. The summed E-state index contributed by atoms with van der Waals surface area (Å²) in [5, 5.41) is 2.87. The summed E-state index contributed by atoms with van der Waals surface area (Å²) >= 11 is 0. The van der Waals surface area contributed by atoms with Gasteiger partial charge in [-0.3, -0.25) is 0 Å². The molecular formula is C13H19N3O2. The predicted octanol–water partition coefficient (Wildman–Crippen LogP) is 1.91. The maximum Gasteiger partial charge on any atom is 0.322 e. The lowest BCUT2D eigenvalue weighted by Gasteiger charge is -2.41. The van der Waals surface area contributed by atoms with Crippen LogP contribution < -0.4 is 11.1 Å². The number of rotatable bonds is 1. The Labute approximate surface area is 107 Å². The molecule has 0 aromatic heterocycles. The van der Waals surface area contributed by atoms with Gasteiger partial charge in [0.15, 0.2) is 0 Å². The molecule has 0 saturated carbocycles. The summed E-state index contributed by atoms with van der Waals surface area (Å²) < 4.78 is 5.39. The van der Waals surface area contributed by atoms with E-state index in [1.165, 1.54) is 0 Å². The lowest BCUT2D eigenvalue weighted by molar-refractivity contribution is -0.0249. The highest BCUT2D eigenvalue weighted by Crippen LogP contribution is 2.20. The van der Waals surface area contributed by atoms with Gasteiger partial charge in [-0.1, -0.05) is 0 Å². The second-order valence-electron chi connectivity index (χ2n) is 5.07. The molecule has 0 bridgehead atoms. The molecule has 1 aliphatic rings. The van der Waals surface area contributed by atoms with Crippen LogP contribution in [0, 0.1) is 0 Å². The van der Waals surface area contributed by atoms with Gasteiger partial charge in [-0.05, 0) is 38.1 Å². The van der Waals surface area contributed by atoms with Crippen LogP contribution in [0.4, 0.5) is 16.2 Å². The fourth-order valence-corrected chi connectivity index (χ4v) is 1.99. The molecule has 0 unspecified atom stereocenters. The molecule has 5 nitrogen and oxygen atoms in total. The molecule has 2 rings (SSSR count). The number of urea groups is 1. The summed E-state index contributed by atoms with van der Waals surface area (Å²) in [6, 6.07) is 7.01. The van der Waals surface area contributed by atoms with Crippen molar-refractivity contribution in [3.05, 3.63) is 24.3 Å². The van der Waals surface area contributed by atoms with Crippen molar-refractivity contribution in [2.24, 2.45) is 0 Å². The molecule has 2 amide bonds. The zero-order chi connectivity index (χ0) is 13.2. The Bertz CT molecular complexity index is 428. The van der Waals surface area contributed by atoms with Crippen molar-refractivity contribution in [3.63, 3.8) is 0 Å². The van der Waals surface area contributed by atoms with Crippen LogP contribution in [-0.2, 0) is 4.74 Å². The number of carbonyl (C=O) groups is 1. The van der Waals surface area contributed by atoms with Crippen LogP contribution in [0.3, 0.4) is 0 Å². The van der Waals surface area contributed by atoms with Crippen LogP contribution in [0.5, 0.6) is 0 Å². The molecule has 1 aliphatic heterocycles. The van der Waals surface area contributed by atoms with Gasteiger partial charge in [-0.2, -0.15) is 0 Å². The maximum atomic E-state index is 12.2. The molecule has 0 atom stereocenters. The molecule has 1 aromatic carbocycles. The van der Waals surface area contributed by atoms with E-state index in [-0.39, 0.29) is 11.6 Å². The predicted molar refractivity (Wildman–Crippen MR) is 71.5 cm³/mol. The zero-order valence-corrected chi connectivity index (χ0v) is 10.8. The van der Waals surface area contributed by atoms with Gasteiger partial charge < -0.3 is 20.7 Å². The maximum absolute atomic E-state index is 12.2. The van der Waals surface area contributed by atoms with Crippen LogP contribution in [0.15, 0.2) is 24.3 Å². The number of hydrogen-bond acceptors (Lipinski definition) is 3. The average molecular weight is 249 g/mol. The van der Waals surface area contributed by atoms with E-state index < -0.39 is 0 Å². The van der Waals surface area contributed by atoms with E-state index in [1.807, 2.05) is 13.8 Å². The van der Waals surface area contributed by atoms with E-state index >= 15 is 0 Å². The Balaban J connectivity index is 2.05. The SMILES string of the molecule is CC1(C)COCCN1C(=O)Nc1ccc(N)cc1. The molecular weight excluding hydrogens is 230 g/mol. The largest absolute Gasteiger partial charge is 0.399 e. The monoisotopic (exact) mass is 249 g/mol. The molecule has 1 fully saturated rings. The van der Waals surface area contributed by atoms with Gasteiger partial charge in [0.05, 0.1) is 18.8 Å². The number of nitrogens with zero attached hydrogens (tertiary/aromatic N) is 1. The molecule has 1 aromatic rings. The van der Waals surface area contributed by atoms with Crippen LogP contribution in [0.25, 0.3) is 0 Å². The van der Waals surface area contributed by atoms with Crippen LogP contribution in [0.1, 0.15) is 13.8 Å². The number of nitrogens with one attached hydrogen (secondary N) is 1. The third-order valence-corrected chi connectivity index (χ3v) is 3.05. The molecule has 0 aliphatic carbocycles. The van der Waals surface area contributed by atoms with Gasteiger partial charge in [-0.15, -0.1) is 0 Å². The minimum absolute atomic E-state index is 0.104. The second kappa shape index (κ2) is 4.86. The Kier molecular flexibility index (Phi) is 3.43. The zero-order valence-electron chi connectivity index (χ0n) is 10.8. The van der Waals surface area contributed by atoms with Gasteiger partial charge in [0.2, 0.25) is 0 Å². The molecule has 0 spiro atoms. The lowest BCUT2D eigenvalue weighted by atomic mass is 10.0. The molecule has 1 saturated heterocycles. The van der Waals surface area contributed by atoms with E-state index in [1.54, 1.807) is 29.2 Å². The third kappa shape index (κ3) is 2.73. The molecule has 5 heteroatoms. The number of nitrogens with two attached hydrogens (primary N) is 1. The quantitative estimate of drug-likeness (QED) is 0.747. The summed E-state index contributed by atoms with van der Waals surface area (Å²) in [7, 11) is 0.